The van der Waals surface area contributed by atoms with Crippen LogP contribution >= 0.6 is 0 Å². The lowest BCUT2D eigenvalue weighted by Crippen LogP contribution is -2.51. The molecule has 5 nitrogen and oxygen atoms in total. The maximum absolute atomic E-state index is 13.8. The van der Waals surface area contributed by atoms with Crippen molar-refractivity contribution in [1.29, 1.82) is 0 Å². The quantitative estimate of drug-likeness (QED) is 0.596. The molecule has 5 heteroatoms. The number of hydrogen-bond acceptors (Lipinski definition) is 4. The first-order valence-corrected chi connectivity index (χ1v) is 12.6. The van der Waals surface area contributed by atoms with Crippen LogP contribution in [0.3, 0.4) is 0 Å². The molecule has 2 fully saturated rings. The van der Waals surface area contributed by atoms with Gasteiger partial charge in [-0.05, 0) is 88.7 Å². The number of nitrogens with one attached hydrogen (secondary N) is 1. The fourth-order valence-electron chi connectivity index (χ4n) is 5.64. The molecule has 1 aliphatic carbocycles. The van der Waals surface area contributed by atoms with Crippen molar-refractivity contribution in [3.05, 3.63) is 59.7 Å². The predicted molar refractivity (Wildman–Crippen MR) is 136 cm³/mol. The van der Waals surface area contributed by atoms with Crippen molar-refractivity contribution in [3.8, 4) is 11.1 Å². The number of likely N-dealkylation sites (tertiary alicyclic amines) is 1. The number of nitrogens with zero attached hydrogens (tertiary/aromatic N) is 1. The molecular formula is C29H38N2O3. The van der Waals surface area contributed by atoms with Crippen molar-refractivity contribution in [2.45, 2.75) is 64.0 Å². The molecular weight excluding hydrogens is 424 g/mol. The number of hydrogen-bond donors (Lipinski definition) is 1. The monoisotopic (exact) mass is 462 g/mol. The lowest BCUT2D eigenvalue weighted by atomic mass is 9.68. The highest BCUT2D eigenvalue weighted by Gasteiger charge is 2.42. The highest BCUT2D eigenvalue weighted by atomic mass is 16.5. The first-order chi connectivity index (χ1) is 16.4. The highest BCUT2D eigenvalue weighted by molar-refractivity contribution is 6.00. The molecule has 1 saturated carbocycles. The summed E-state index contributed by atoms with van der Waals surface area (Å²) in [5.74, 6) is 0.263. The zero-order valence-electron chi connectivity index (χ0n) is 20.8. The number of carbonyl (C=O) groups is 2. The number of piperidine rings is 1. The Morgan fingerprint density at radius 1 is 1.03 bits per heavy atom. The van der Waals surface area contributed by atoms with E-state index in [2.05, 4.69) is 35.5 Å². The third-order valence-electron chi connectivity index (χ3n) is 7.85. The predicted octanol–water partition coefficient (Wildman–Crippen LogP) is 4.88. The standard InChI is InChI=1S/C29H38N2O3/c1-21(32)26-9-4-5-10-27(26)23-8-6-7-22(19-23)20-29(15-11-25(34-3)12-16-29)28(33)30-24-13-17-31(2)18-14-24/h4-10,19,24-25H,11-18,20H2,1-3H3,(H,30,33). The largest absolute Gasteiger partial charge is 0.381 e. The van der Waals surface area contributed by atoms with Crippen LogP contribution in [0.2, 0.25) is 0 Å². The molecule has 0 spiro atoms. The summed E-state index contributed by atoms with van der Waals surface area (Å²) in [6, 6.07) is 16.4. The van der Waals surface area contributed by atoms with E-state index < -0.39 is 5.41 Å². The SMILES string of the molecule is COC1CCC(Cc2cccc(-c3ccccc3C(C)=O)c2)(C(=O)NC2CCN(C)CC2)CC1. The van der Waals surface area contributed by atoms with Crippen LogP contribution in [0, 0.1) is 5.41 Å². The highest BCUT2D eigenvalue weighted by Crippen LogP contribution is 2.41. The molecule has 1 amide bonds. The number of Topliss-reactive ketones (excluding diaryl/α,β-unsaturated/α-hetero) is 1. The fourth-order valence-corrected chi connectivity index (χ4v) is 5.64. The van der Waals surface area contributed by atoms with Gasteiger partial charge in [-0.2, -0.15) is 0 Å². The van der Waals surface area contributed by atoms with Crippen molar-refractivity contribution in [1.82, 2.24) is 10.2 Å². The van der Waals surface area contributed by atoms with E-state index in [1.807, 2.05) is 30.3 Å². The summed E-state index contributed by atoms with van der Waals surface area (Å²) in [7, 11) is 3.91. The van der Waals surface area contributed by atoms with Gasteiger partial charge in [0.25, 0.3) is 0 Å². The van der Waals surface area contributed by atoms with Gasteiger partial charge in [-0.25, -0.2) is 0 Å². The number of methoxy groups -OCH3 is 1. The lowest BCUT2D eigenvalue weighted by Gasteiger charge is -2.40. The van der Waals surface area contributed by atoms with Gasteiger partial charge >= 0.3 is 0 Å². The third-order valence-corrected chi connectivity index (χ3v) is 7.85. The van der Waals surface area contributed by atoms with Crippen molar-refractivity contribution in [3.63, 3.8) is 0 Å². The molecule has 1 heterocycles. The van der Waals surface area contributed by atoms with Crippen LogP contribution in [-0.4, -0.2) is 56.0 Å². The Morgan fingerprint density at radius 3 is 2.41 bits per heavy atom. The van der Waals surface area contributed by atoms with Gasteiger partial charge in [0.05, 0.1) is 11.5 Å². The second kappa shape index (κ2) is 10.8. The van der Waals surface area contributed by atoms with E-state index in [0.29, 0.717) is 6.42 Å². The molecule has 4 rings (SSSR count). The Kier molecular flexibility index (Phi) is 7.84. The average Bonchev–Trinajstić information content (AvgIpc) is 2.86. The van der Waals surface area contributed by atoms with Crippen molar-refractivity contribution < 1.29 is 14.3 Å². The Labute approximate surface area is 203 Å². The van der Waals surface area contributed by atoms with Gasteiger partial charge in [0.15, 0.2) is 5.78 Å². The minimum absolute atomic E-state index is 0.0628. The Bertz CT molecular complexity index is 1000. The van der Waals surface area contributed by atoms with E-state index in [1.54, 1.807) is 14.0 Å². The van der Waals surface area contributed by atoms with Gasteiger partial charge in [0, 0.05) is 18.7 Å². The minimum Gasteiger partial charge on any atom is -0.381 e. The van der Waals surface area contributed by atoms with Crippen LogP contribution < -0.4 is 5.32 Å². The van der Waals surface area contributed by atoms with Crippen LogP contribution in [0.4, 0.5) is 0 Å². The van der Waals surface area contributed by atoms with E-state index in [4.69, 9.17) is 4.74 Å². The van der Waals surface area contributed by atoms with Crippen LogP contribution in [0.5, 0.6) is 0 Å². The maximum atomic E-state index is 13.8. The molecule has 1 saturated heterocycles. The molecule has 0 bridgehead atoms. The fraction of sp³-hybridized carbons (Fsp3) is 0.517. The van der Waals surface area contributed by atoms with E-state index in [1.165, 1.54) is 0 Å². The van der Waals surface area contributed by atoms with Crippen molar-refractivity contribution in [2.75, 3.05) is 27.2 Å². The molecule has 0 atom stereocenters. The summed E-state index contributed by atoms with van der Waals surface area (Å²) in [5.41, 5.74) is 3.43. The summed E-state index contributed by atoms with van der Waals surface area (Å²) in [6.07, 6.45) is 6.44. The van der Waals surface area contributed by atoms with Gasteiger partial charge in [-0.3, -0.25) is 9.59 Å². The van der Waals surface area contributed by atoms with Gasteiger partial charge < -0.3 is 15.0 Å². The van der Waals surface area contributed by atoms with Crippen LogP contribution in [-0.2, 0) is 16.0 Å². The second-order valence-corrected chi connectivity index (χ2v) is 10.2. The van der Waals surface area contributed by atoms with Gasteiger partial charge in [-0.15, -0.1) is 0 Å². The molecule has 2 aromatic carbocycles. The molecule has 1 aliphatic heterocycles. The summed E-state index contributed by atoms with van der Waals surface area (Å²) in [6.45, 7) is 3.67. The molecule has 0 radical (unpaired) electrons. The number of ether oxygens (including phenoxy) is 1. The Morgan fingerprint density at radius 2 is 1.74 bits per heavy atom. The van der Waals surface area contributed by atoms with Crippen LogP contribution in [0.15, 0.2) is 48.5 Å². The third kappa shape index (κ3) is 5.59. The number of benzene rings is 2. The van der Waals surface area contributed by atoms with E-state index in [9.17, 15) is 9.59 Å². The molecule has 0 unspecified atom stereocenters. The first kappa shape index (κ1) is 24.6. The first-order valence-electron chi connectivity index (χ1n) is 12.6. The summed E-state index contributed by atoms with van der Waals surface area (Å²) in [4.78, 5) is 28.3. The van der Waals surface area contributed by atoms with Gasteiger partial charge in [0.2, 0.25) is 5.91 Å². The number of amides is 1. The molecule has 182 valence electrons. The summed E-state index contributed by atoms with van der Waals surface area (Å²) >= 11 is 0. The topological polar surface area (TPSA) is 58.6 Å². The van der Waals surface area contributed by atoms with Gasteiger partial charge in [-0.1, -0.05) is 48.5 Å². The smallest absolute Gasteiger partial charge is 0.226 e. The number of carbonyl (C=O) groups excluding carboxylic acids is 2. The average molecular weight is 463 g/mol. The zero-order valence-corrected chi connectivity index (χ0v) is 20.8. The Balaban J connectivity index is 1.58. The van der Waals surface area contributed by atoms with Crippen molar-refractivity contribution >= 4 is 11.7 Å². The molecule has 2 aliphatic rings. The molecule has 2 aromatic rings. The van der Waals surface area contributed by atoms with Crippen molar-refractivity contribution in [2.24, 2.45) is 5.41 Å². The molecule has 0 aromatic heterocycles. The number of rotatable bonds is 7. The van der Waals surface area contributed by atoms with E-state index in [0.717, 1.165) is 73.9 Å². The summed E-state index contributed by atoms with van der Waals surface area (Å²) < 4.78 is 5.62. The van der Waals surface area contributed by atoms with E-state index >= 15 is 0 Å². The molecule has 1 N–H and O–H groups in total. The zero-order chi connectivity index (χ0) is 24.1. The lowest BCUT2D eigenvalue weighted by molar-refractivity contribution is -0.135. The normalized spacial score (nSPS) is 24.0. The Hall–Kier alpha value is -2.50. The minimum atomic E-state index is -0.420. The van der Waals surface area contributed by atoms with E-state index in [-0.39, 0.29) is 23.8 Å². The summed E-state index contributed by atoms with van der Waals surface area (Å²) in [5, 5.41) is 3.42. The van der Waals surface area contributed by atoms with Gasteiger partial charge in [0.1, 0.15) is 0 Å². The van der Waals surface area contributed by atoms with Crippen LogP contribution in [0.25, 0.3) is 11.1 Å². The molecule has 34 heavy (non-hydrogen) atoms. The van der Waals surface area contributed by atoms with Crippen LogP contribution in [0.1, 0.15) is 61.4 Å². The maximum Gasteiger partial charge on any atom is 0.226 e. The number of ketones is 1. The second-order valence-electron chi connectivity index (χ2n) is 10.2.